The molecular weight excluding hydrogens is 350 g/mol. The van der Waals surface area contributed by atoms with E-state index in [2.05, 4.69) is 47.1 Å². The Balaban J connectivity index is 2.32. The Kier molecular flexibility index (Phi) is 3.96. The van der Waals surface area contributed by atoms with E-state index in [1.54, 1.807) is 13.2 Å². The highest BCUT2D eigenvalue weighted by atomic mass is 79.9. The lowest BCUT2D eigenvalue weighted by molar-refractivity contribution is 0.416. The number of nitrogens with zero attached hydrogens (tertiary/aromatic N) is 2. The van der Waals surface area contributed by atoms with Crippen molar-refractivity contribution in [3.05, 3.63) is 39.7 Å². The highest BCUT2D eigenvalue weighted by Crippen LogP contribution is 2.30. The van der Waals surface area contributed by atoms with Crippen LogP contribution in [0.5, 0.6) is 5.75 Å². The second kappa shape index (κ2) is 5.46. The number of aromatic nitrogens is 2. The molecule has 17 heavy (non-hydrogen) atoms. The van der Waals surface area contributed by atoms with Crippen molar-refractivity contribution in [1.82, 2.24) is 9.97 Å². The number of benzene rings is 1. The Morgan fingerprint density at radius 1 is 1.18 bits per heavy atom. The van der Waals surface area contributed by atoms with Gasteiger partial charge in [0.2, 0.25) is 0 Å². The molecule has 1 aromatic heterocycles. The Labute approximate surface area is 116 Å². The van der Waals surface area contributed by atoms with E-state index < -0.39 is 0 Å². The number of ether oxygens (including phenoxy) is 1. The van der Waals surface area contributed by atoms with E-state index in [4.69, 9.17) is 4.74 Å². The van der Waals surface area contributed by atoms with Crippen LogP contribution in [-0.4, -0.2) is 17.1 Å². The summed E-state index contributed by atoms with van der Waals surface area (Å²) >= 11 is 6.71. The van der Waals surface area contributed by atoms with E-state index in [9.17, 15) is 0 Å². The largest absolute Gasteiger partial charge is 0.495 e. The monoisotopic (exact) mass is 357 g/mol. The van der Waals surface area contributed by atoms with E-state index in [1.165, 1.54) is 6.33 Å². The van der Waals surface area contributed by atoms with Gasteiger partial charge in [0.1, 0.15) is 22.5 Å². The fourth-order valence-electron chi connectivity index (χ4n) is 1.32. The zero-order valence-electron chi connectivity index (χ0n) is 8.95. The molecule has 6 heteroatoms. The van der Waals surface area contributed by atoms with E-state index in [0.29, 0.717) is 5.82 Å². The van der Waals surface area contributed by atoms with Crippen LogP contribution in [0.4, 0.5) is 11.5 Å². The lowest BCUT2D eigenvalue weighted by Crippen LogP contribution is -1.97. The Morgan fingerprint density at radius 3 is 2.71 bits per heavy atom. The molecule has 0 radical (unpaired) electrons. The van der Waals surface area contributed by atoms with E-state index in [1.807, 2.05) is 18.2 Å². The second-order valence-corrected chi connectivity index (χ2v) is 4.92. The summed E-state index contributed by atoms with van der Waals surface area (Å²) in [6.07, 6.45) is 1.48. The van der Waals surface area contributed by atoms with Crippen LogP contribution >= 0.6 is 31.9 Å². The molecule has 0 saturated carbocycles. The predicted molar refractivity (Wildman–Crippen MR) is 73.7 cm³/mol. The summed E-state index contributed by atoms with van der Waals surface area (Å²) in [5.41, 5.74) is 0.840. The summed E-state index contributed by atoms with van der Waals surface area (Å²) in [5.74, 6) is 1.45. The maximum Gasteiger partial charge on any atom is 0.142 e. The average molecular weight is 359 g/mol. The molecule has 0 spiro atoms. The van der Waals surface area contributed by atoms with Crippen molar-refractivity contribution >= 4 is 43.4 Å². The van der Waals surface area contributed by atoms with E-state index in [-0.39, 0.29) is 0 Å². The van der Waals surface area contributed by atoms with Crippen LogP contribution in [0.3, 0.4) is 0 Å². The SMILES string of the molecule is COc1ccc(Br)cc1Nc1cc(Br)ncn1. The van der Waals surface area contributed by atoms with Gasteiger partial charge in [-0.1, -0.05) is 15.9 Å². The summed E-state index contributed by atoms with van der Waals surface area (Å²) < 4.78 is 6.96. The van der Waals surface area contributed by atoms with Gasteiger partial charge in [-0.3, -0.25) is 0 Å². The van der Waals surface area contributed by atoms with Gasteiger partial charge in [-0.05, 0) is 34.1 Å². The molecule has 0 fully saturated rings. The van der Waals surface area contributed by atoms with Crippen LogP contribution in [0.15, 0.2) is 39.7 Å². The fourth-order valence-corrected chi connectivity index (χ4v) is 1.99. The summed E-state index contributed by atoms with van der Waals surface area (Å²) in [6, 6.07) is 7.51. The number of nitrogens with one attached hydrogen (secondary N) is 1. The third-order valence-corrected chi connectivity index (χ3v) is 2.98. The van der Waals surface area contributed by atoms with Gasteiger partial charge in [0.25, 0.3) is 0 Å². The van der Waals surface area contributed by atoms with Crippen LogP contribution in [0.2, 0.25) is 0 Å². The predicted octanol–water partition coefficient (Wildman–Crippen LogP) is 3.75. The lowest BCUT2D eigenvalue weighted by Gasteiger charge is -2.10. The van der Waals surface area contributed by atoms with Gasteiger partial charge in [-0.15, -0.1) is 0 Å². The molecule has 1 aromatic carbocycles. The highest BCUT2D eigenvalue weighted by molar-refractivity contribution is 9.10. The molecule has 2 aromatic rings. The van der Waals surface area contributed by atoms with Crippen LogP contribution in [0, 0.1) is 0 Å². The normalized spacial score (nSPS) is 10.1. The van der Waals surface area contributed by atoms with Crippen molar-refractivity contribution in [2.45, 2.75) is 0 Å². The van der Waals surface area contributed by atoms with Crippen LogP contribution in [0.25, 0.3) is 0 Å². The minimum Gasteiger partial charge on any atom is -0.495 e. The quantitative estimate of drug-likeness (QED) is 0.848. The molecule has 0 atom stereocenters. The third-order valence-electron chi connectivity index (χ3n) is 2.06. The number of methoxy groups -OCH3 is 1. The number of hydrogen-bond acceptors (Lipinski definition) is 4. The highest BCUT2D eigenvalue weighted by Gasteiger charge is 2.05. The van der Waals surface area contributed by atoms with Crippen molar-refractivity contribution < 1.29 is 4.74 Å². The molecule has 1 N–H and O–H groups in total. The van der Waals surface area contributed by atoms with E-state index >= 15 is 0 Å². The number of hydrogen-bond donors (Lipinski definition) is 1. The molecule has 0 aliphatic carbocycles. The van der Waals surface area contributed by atoms with Gasteiger partial charge < -0.3 is 10.1 Å². The molecule has 0 saturated heterocycles. The van der Waals surface area contributed by atoms with E-state index in [0.717, 1.165) is 20.5 Å². The fraction of sp³-hybridized carbons (Fsp3) is 0.0909. The number of rotatable bonds is 3. The maximum absolute atomic E-state index is 5.26. The number of anilines is 2. The zero-order valence-corrected chi connectivity index (χ0v) is 12.1. The zero-order chi connectivity index (χ0) is 12.3. The first-order chi connectivity index (χ1) is 8.19. The van der Waals surface area contributed by atoms with Gasteiger partial charge in [0.15, 0.2) is 0 Å². The minimum absolute atomic E-state index is 0.697. The first-order valence-electron chi connectivity index (χ1n) is 4.77. The van der Waals surface area contributed by atoms with Gasteiger partial charge in [-0.2, -0.15) is 0 Å². The summed E-state index contributed by atoms with van der Waals surface area (Å²) in [6.45, 7) is 0. The Hall–Kier alpha value is -1.14. The molecule has 88 valence electrons. The molecule has 0 bridgehead atoms. The van der Waals surface area contributed by atoms with Crippen molar-refractivity contribution in [3.8, 4) is 5.75 Å². The molecule has 4 nitrogen and oxygen atoms in total. The molecule has 0 aliphatic heterocycles. The molecule has 2 rings (SSSR count). The molecule has 0 unspecified atom stereocenters. The first-order valence-corrected chi connectivity index (χ1v) is 6.36. The van der Waals surface area contributed by atoms with Crippen molar-refractivity contribution in [2.24, 2.45) is 0 Å². The van der Waals surface area contributed by atoms with Gasteiger partial charge in [0.05, 0.1) is 12.8 Å². The lowest BCUT2D eigenvalue weighted by atomic mass is 10.3. The van der Waals surface area contributed by atoms with Gasteiger partial charge >= 0.3 is 0 Å². The maximum atomic E-state index is 5.26. The first kappa shape index (κ1) is 12.3. The number of halogens is 2. The van der Waals surface area contributed by atoms with Crippen LogP contribution in [-0.2, 0) is 0 Å². The summed E-state index contributed by atoms with van der Waals surface area (Å²) in [7, 11) is 1.63. The summed E-state index contributed by atoms with van der Waals surface area (Å²) in [5, 5.41) is 3.17. The topological polar surface area (TPSA) is 47.0 Å². The second-order valence-electron chi connectivity index (χ2n) is 3.20. The Bertz CT molecular complexity index is 534. The molecule has 0 aliphatic rings. The van der Waals surface area contributed by atoms with Gasteiger partial charge in [-0.25, -0.2) is 9.97 Å². The van der Waals surface area contributed by atoms with Crippen molar-refractivity contribution in [3.63, 3.8) is 0 Å². The van der Waals surface area contributed by atoms with Crippen molar-refractivity contribution in [1.29, 1.82) is 0 Å². The third kappa shape index (κ3) is 3.17. The minimum atomic E-state index is 0.697. The molecular formula is C11H9Br2N3O. The summed E-state index contributed by atoms with van der Waals surface area (Å²) in [4.78, 5) is 8.08. The van der Waals surface area contributed by atoms with Crippen LogP contribution in [0.1, 0.15) is 0 Å². The molecule has 1 heterocycles. The average Bonchev–Trinajstić information content (AvgIpc) is 2.29. The smallest absolute Gasteiger partial charge is 0.142 e. The standard InChI is InChI=1S/C11H9Br2N3O/c1-17-9-3-2-7(12)4-8(9)16-11-5-10(13)14-6-15-11/h2-6H,1H3,(H,14,15,16). The van der Waals surface area contributed by atoms with Gasteiger partial charge in [0, 0.05) is 10.5 Å². The molecule has 0 amide bonds. The van der Waals surface area contributed by atoms with Crippen LogP contribution < -0.4 is 10.1 Å². The Morgan fingerprint density at radius 2 is 2.00 bits per heavy atom. The van der Waals surface area contributed by atoms with Crippen molar-refractivity contribution in [2.75, 3.05) is 12.4 Å².